The van der Waals surface area contributed by atoms with Crippen molar-refractivity contribution < 1.29 is 8.83 Å². The Morgan fingerprint density at radius 2 is 1.06 bits per heavy atom. The third-order valence-corrected chi connectivity index (χ3v) is 9.70. The number of oxazole rings is 1. The van der Waals surface area contributed by atoms with Crippen molar-refractivity contribution in [1.82, 2.24) is 4.98 Å². The quantitative estimate of drug-likeness (QED) is 0.179. The molecule has 0 spiro atoms. The molecule has 10 aromatic rings. The summed E-state index contributed by atoms with van der Waals surface area (Å²) in [5, 5.41) is 4.67. The number of nitrogens with zero attached hydrogens (tertiary/aromatic N) is 2. The highest BCUT2D eigenvalue weighted by Crippen LogP contribution is 2.41. The van der Waals surface area contributed by atoms with E-state index in [-0.39, 0.29) is 0 Å². The molecule has 0 bridgehead atoms. The van der Waals surface area contributed by atoms with E-state index in [9.17, 15) is 0 Å². The molecular formula is C47H30N2O2. The highest BCUT2D eigenvalue weighted by atomic mass is 16.3. The highest BCUT2D eigenvalue weighted by Gasteiger charge is 2.18. The van der Waals surface area contributed by atoms with Gasteiger partial charge in [0.1, 0.15) is 16.7 Å². The maximum absolute atomic E-state index is 6.38. The normalized spacial score (nSPS) is 11.5. The monoisotopic (exact) mass is 654 g/mol. The zero-order chi connectivity index (χ0) is 33.7. The van der Waals surface area contributed by atoms with Gasteiger partial charge in [-0.25, -0.2) is 4.98 Å². The first-order valence-electron chi connectivity index (χ1n) is 17.1. The summed E-state index contributed by atoms with van der Waals surface area (Å²) in [5.41, 5.74) is 11.8. The van der Waals surface area contributed by atoms with Gasteiger partial charge in [0.2, 0.25) is 5.89 Å². The molecule has 0 atom stereocenters. The number of anilines is 3. The summed E-state index contributed by atoms with van der Waals surface area (Å²) in [7, 11) is 0. The van der Waals surface area contributed by atoms with Crippen LogP contribution in [-0.2, 0) is 0 Å². The van der Waals surface area contributed by atoms with Crippen LogP contribution in [0.5, 0.6) is 0 Å². The molecule has 0 aliphatic carbocycles. The SMILES string of the molecule is c1ccc(-c2nc3cccc(-c4ccc(N(c5cccc(-c6cccc7ccccc67)c5)c5ccc6c(c5)oc5ccccc56)cc4)c3o2)cc1. The average Bonchev–Trinajstić information content (AvgIpc) is 3.80. The lowest BCUT2D eigenvalue weighted by Crippen LogP contribution is -2.10. The van der Waals surface area contributed by atoms with Crippen LogP contribution in [0.15, 0.2) is 191 Å². The summed E-state index contributed by atoms with van der Waals surface area (Å²) >= 11 is 0. The van der Waals surface area contributed by atoms with Crippen LogP contribution in [0.3, 0.4) is 0 Å². The molecule has 2 aromatic heterocycles. The Morgan fingerprint density at radius 1 is 0.392 bits per heavy atom. The van der Waals surface area contributed by atoms with Crippen LogP contribution in [0, 0.1) is 0 Å². The van der Waals surface area contributed by atoms with E-state index < -0.39 is 0 Å². The molecule has 10 rings (SSSR count). The van der Waals surface area contributed by atoms with Crippen molar-refractivity contribution in [2.75, 3.05) is 4.90 Å². The predicted molar refractivity (Wildman–Crippen MR) is 210 cm³/mol. The Hall–Kier alpha value is -6.91. The largest absolute Gasteiger partial charge is 0.456 e. The van der Waals surface area contributed by atoms with Gasteiger partial charge < -0.3 is 13.7 Å². The number of hydrogen-bond acceptors (Lipinski definition) is 4. The van der Waals surface area contributed by atoms with E-state index in [0.29, 0.717) is 5.89 Å². The summed E-state index contributed by atoms with van der Waals surface area (Å²) in [5.74, 6) is 0.618. The number of benzene rings is 8. The summed E-state index contributed by atoms with van der Waals surface area (Å²) in [6, 6.07) is 63.4. The van der Waals surface area contributed by atoms with Gasteiger partial charge in [0, 0.05) is 45.0 Å². The van der Waals surface area contributed by atoms with Gasteiger partial charge in [0.15, 0.2) is 5.58 Å². The number of furan rings is 1. The second-order valence-corrected chi connectivity index (χ2v) is 12.8. The average molecular weight is 655 g/mol. The molecule has 4 heteroatoms. The van der Waals surface area contributed by atoms with Gasteiger partial charge in [-0.05, 0) is 88.1 Å². The van der Waals surface area contributed by atoms with Gasteiger partial charge in [-0.2, -0.15) is 0 Å². The Morgan fingerprint density at radius 3 is 1.96 bits per heavy atom. The van der Waals surface area contributed by atoms with E-state index in [4.69, 9.17) is 13.8 Å². The standard InChI is InChI=1S/C47H30N2O2/c1-2-12-33(13-3-1)47-48-43-21-10-20-40(46(43)51-47)32-23-25-35(26-24-32)49(37-27-28-42-41-18-6-7-22-44(41)50-45(42)30-37)36-16-8-15-34(29-36)39-19-9-14-31-11-4-5-17-38(31)39/h1-30H. The minimum Gasteiger partial charge on any atom is -0.456 e. The fraction of sp³-hybridized carbons (Fsp3) is 0. The molecular weight excluding hydrogens is 625 g/mol. The minimum atomic E-state index is 0.618. The Bertz CT molecular complexity index is 2860. The molecule has 0 amide bonds. The first-order chi connectivity index (χ1) is 25.3. The molecule has 0 aliphatic heterocycles. The fourth-order valence-electron chi connectivity index (χ4n) is 7.26. The van der Waals surface area contributed by atoms with E-state index in [1.165, 1.54) is 16.3 Å². The molecule has 0 fully saturated rings. The van der Waals surface area contributed by atoms with Gasteiger partial charge >= 0.3 is 0 Å². The second-order valence-electron chi connectivity index (χ2n) is 12.8. The molecule has 0 unspecified atom stereocenters. The van der Waals surface area contributed by atoms with Crippen LogP contribution in [0.1, 0.15) is 0 Å². The third kappa shape index (κ3) is 5.04. The van der Waals surface area contributed by atoms with Crippen molar-refractivity contribution in [2.24, 2.45) is 0 Å². The smallest absolute Gasteiger partial charge is 0.227 e. The lowest BCUT2D eigenvalue weighted by atomic mass is 9.97. The third-order valence-electron chi connectivity index (χ3n) is 9.70. The van der Waals surface area contributed by atoms with Crippen molar-refractivity contribution in [1.29, 1.82) is 0 Å². The number of rotatable bonds is 6. The van der Waals surface area contributed by atoms with Crippen LogP contribution in [-0.4, -0.2) is 4.98 Å². The maximum atomic E-state index is 6.38. The van der Waals surface area contributed by atoms with Crippen molar-refractivity contribution >= 4 is 60.9 Å². The van der Waals surface area contributed by atoms with Crippen LogP contribution in [0.25, 0.3) is 77.5 Å². The minimum absolute atomic E-state index is 0.618. The summed E-state index contributed by atoms with van der Waals surface area (Å²) in [4.78, 5) is 7.10. The van der Waals surface area contributed by atoms with E-state index in [1.54, 1.807) is 0 Å². The van der Waals surface area contributed by atoms with Crippen molar-refractivity contribution in [2.45, 2.75) is 0 Å². The van der Waals surface area contributed by atoms with E-state index >= 15 is 0 Å². The van der Waals surface area contributed by atoms with E-state index in [0.717, 1.165) is 72.4 Å². The molecule has 0 saturated heterocycles. The zero-order valence-corrected chi connectivity index (χ0v) is 27.5. The topological polar surface area (TPSA) is 42.4 Å². The van der Waals surface area contributed by atoms with E-state index in [1.807, 2.05) is 54.6 Å². The first kappa shape index (κ1) is 29.0. The van der Waals surface area contributed by atoms with Gasteiger partial charge in [-0.3, -0.25) is 0 Å². The van der Waals surface area contributed by atoms with Gasteiger partial charge in [-0.1, -0.05) is 115 Å². The molecule has 51 heavy (non-hydrogen) atoms. The second kappa shape index (κ2) is 11.9. The molecule has 0 aliphatic rings. The first-order valence-corrected chi connectivity index (χ1v) is 17.1. The lowest BCUT2D eigenvalue weighted by molar-refractivity contribution is 0.621. The van der Waals surface area contributed by atoms with Crippen LogP contribution in [0.4, 0.5) is 17.1 Å². The maximum Gasteiger partial charge on any atom is 0.227 e. The Labute approximate surface area is 294 Å². The lowest BCUT2D eigenvalue weighted by Gasteiger charge is -2.26. The summed E-state index contributed by atoms with van der Waals surface area (Å²) in [6.45, 7) is 0. The summed E-state index contributed by atoms with van der Waals surface area (Å²) < 4.78 is 12.7. The predicted octanol–water partition coefficient (Wildman–Crippen LogP) is 13.4. The molecule has 0 N–H and O–H groups in total. The Kier molecular flexibility index (Phi) is 6.78. The highest BCUT2D eigenvalue weighted by molar-refractivity contribution is 6.06. The van der Waals surface area contributed by atoms with Crippen molar-refractivity contribution in [3.05, 3.63) is 182 Å². The summed E-state index contributed by atoms with van der Waals surface area (Å²) in [6.07, 6.45) is 0. The van der Waals surface area contributed by atoms with Gasteiger partial charge in [0.25, 0.3) is 0 Å². The van der Waals surface area contributed by atoms with Gasteiger partial charge in [-0.15, -0.1) is 0 Å². The number of hydrogen-bond donors (Lipinski definition) is 0. The van der Waals surface area contributed by atoms with Crippen LogP contribution in [0.2, 0.25) is 0 Å². The molecule has 240 valence electrons. The fourth-order valence-corrected chi connectivity index (χ4v) is 7.26. The molecule has 2 heterocycles. The molecule has 8 aromatic carbocycles. The van der Waals surface area contributed by atoms with Crippen LogP contribution < -0.4 is 4.90 Å². The van der Waals surface area contributed by atoms with Gasteiger partial charge in [0.05, 0.1) is 0 Å². The molecule has 4 nitrogen and oxygen atoms in total. The van der Waals surface area contributed by atoms with Crippen molar-refractivity contribution in [3.63, 3.8) is 0 Å². The Balaban J connectivity index is 1.10. The number of aromatic nitrogens is 1. The number of para-hydroxylation sites is 2. The van der Waals surface area contributed by atoms with E-state index in [2.05, 4.69) is 132 Å². The van der Waals surface area contributed by atoms with Crippen molar-refractivity contribution in [3.8, 4) is 33.7 Å². The molecule has 0 radical (unpaired) electrons. The number of fused-ring (bicyclic) bond motifs is 5. The molecule has 0 saturated carbocycles. The zero-order valence-electron chi connectivity index (χ0n) is 27.5. The van der Waals surface area contributed by atoms with Crippen LogP contribution >= 0.6 is 0 Å².